The minimum atomic E-state index is -4.87. The van der Waals surface area contributed by atoms with E-state index >= 15 is 0 Å². The van der Waals surface area contributed by atoms with Crippen LogP contribution in [0.2, 0.25) is 0 Å². The molecule has 0 fully saturated rings. The van der Waals surface area contributed by atoms with Crippen molar-refractivity contribution in [2.45, 2.75) is 187 Å². The van der Waals surface area contributed by atoms with E-state index in [1.165, 1.54) is 57.8 Å². The Balaban J connectivity index is 4.61. The summed E-state index contributed by atoms with van der Waals surface area (Å²) in [6, 6.07) is 0. The van der Waals surface area contributed by atoms with Gasteiger partial charge in [-0.15, -0.1) is 0 Å². The van der Waals surface area contributed by atoms with Crippen molar-refractivity contribution in [1.82, 2.24) is 0 Å². The van der Waals surface area contributed by atoms with E-state index in [2.05, 4.69) is 59.4 Å². The molecule has 1 unspecified atom stereocenters. The maximum absolute atomic E-state index is 12.6. The monoisotopic (exact) mass is 895 g/mol. The Morgan fingerprint density at radius 2 is 1.00 bits per heavy atom. The summed E-state index contributed by atoms with van der Waals surface area (Å²) in [7, 11) is -9.70. The molecule has 0 spiro atoms. The fraction of sp³-hybridized carbons (Fsp3) is 0.773. The summed E-state index contributed by atoms with van der Waals surface area (Å²) in [5.74, 6) is -0.324. The number of aliphatic hydroxyl groups excluding tert-OH is 2. The van der Waals surface area contributed by atoms with Gasteiger partial charge < -0.3 is 34.4 Å². The van der Waals surface area contributed by atoms with Gasteiger partial charge in [0.25, 0.3) is 0 Å². The summed E-state index contributed by atoms with van der Waals surface area (Å²) in [6.07, 6.45) is 34.9. The normalized spacial score (nSPS) is 15.1. The lowest BCUT2D eigenvalue weighted by molar-refractivity contribution is -0.161. The van der Waals surface area contributed by atoms with Crippen molar-refractivity contribution in [3.05, 3.63) is 48.6 Å². The average Bonchev–Trinajstić information content (AvgIpc) is 3.19. The van der Waals surface area contributed by atoms with E-state index in [1.807, 2.05) is 19.1 Å². The maximum Gasteiger partial charge on any atom is 0.472 e. The van der Waals surface area contributed by atoms with Crippen molar-refractivity contribution in [3.63, 3.8) is 0 Å². The Hall–Kier alpha value is -1.96. The van der Waals surface area contributed by atoms with Crippen LogP contribution in [-0.2, 0) is 41.8 Å². The molecule has 0 radical (unpaired) electrons. The molecule has 0 aromatic carbocycles. The van der Waals surface area contributed by atoms with E-state index in [1.54, 1.807) is 0 Å². The highest BCUT2D eigenvalue weighted by Gasteiger charge is 2.28. The van der Waals surface area contributed by atoms with E-state index in [-0.39, 0.29) is 18.9 Å². The van der Waals surface area contributed by atoms with E-state index in [4.69, 9.17) is 23.8 Å². The number of phosphoric acid groups is 2. The molecule has 16 heteroatoms. The zero-order valence-corrected chi connectivity index (χ0v) is 38.6. The molecule has 350 valence electrons. The average molecular weight is 895 g/mol. The molecule has 0 aliphatic heterocycles. The topological polar surface area (TPSA) is 216 Å². The second-order valence-electron chi connectivity index (χ2n) is 15.6. The molecule has 0 saturated carbocycles. The predicted octanol–water partition coefficient (Wildman–Crippen LogP) is 10.3. The summed E-state index contributed by atoms with van der Waals surface area (Å²) in [5, 5.41) is 19.3. The molecule has 0 rings (SSSR count). The van der Waals surface area contributed by atoms with Crippen LogP contribution >= 0.6 is 15.6 Å². The minimum Gasteiger partial charge on any atom is -0.462 e. The van der Waals surface area contributed by atoms with Crippen LogP contribution in [-0.4, -0.2) is 81.6 Å². The van der Waals surface area contributed by atoms with Crippen LogP contribution in [0, 0.1) is 5.92 Å². The zero-order valence-electron chi connectivity index (χ0n) is 36.8. The Bertz CT molecular complexity index is 1280. The fourth-order valence-corrected chi connectivity index (χ4v) is 6.90. The summed E-state index contributed by atoms with van der Waals surface area (Å²) in [5.41, 5.74) is 0. The number of allylic oxidation sites excluding steroid dienone is 8. The molecule has 0 aliphatic rings. The molecular formula is C44H80O14P2. The smallest absolute Gasteiger partial charge is 0.462 e. The molecule has 60 heavy (non-hydrogen) atoms. The van der Waals surface area contributed by atoms with Crippen molar-refractivity contribution in [2.24, 2.45) is 5.92 Å². The first kappa shape index (κ1) is 58.0. The van der Waals surface area contributed by atoms with Crippen molar-refractivity contribution >= 4 is 27.6 Å². The van der Waals surface area contributed by atoms with E-state index in [9.17, 15) is 33.8 Å². The molecule has 0 aromatic rings. The van der Waals surface area contributed by atoms with E-state index in [0.717, 1.165) is 63.7 Å². The fourth-order valence-electron chi connectivity index (χ4n) is 5.74. The Morgan fingerprint density at radius 3 is 1.53 bits per heavy atom. The highest BCUT2D eigenvalue weighted by molar-refractivity contribution is 7.47. The van der Waals surface area contributed by atoms with Crippen LogP contribution in [0.15, 0.2) is 48.6 Å². The van der Waals surface area contributed by atoms with Crippen LogP contribution < -0.4 is 0 Å². The summed E-state index contributed by atoms with van der Waals surface area (Å²) < 4.78 is 47.7. The first-order chi connectivity index (χ1) is 28.6. The number of phosphoric ester groups is 2. The van der Waals surface area contributed by atoms with Gasteiger partial charge in [-0.05, 0) is 63.7 Å². The van der Waals surface area contributed by atoms with Crippen LogP contribution in [0.25, 0.3) is 0 Å². The molecule has 0 aliphatic carbocycles. The predicted molar refractivity (Wildman–Crippen MR) is 236 cm³/mol. The highest BCUT2D eigenvalue weighted by atomic mass is 31.2. The van der Waals surface area contributed by atoms with Crippen molar-refractivity contribution in [3.8, 4) is 0 Å². The lowest BCUT2D eigenvalue weighted by Crippen LogP contribution is -2.29. The second kappa shape index (κ2) is 38.7. The van der Waals surface area contributed by atoms with Gasteiger partial charge in [0.15, 0.2) is 6.10 Å². The largest absolute Gasteiger partial charge is 0.472 e. The number of aliphatic hydroxyl groups is 2. The number of ether oxygens (including phenoxy) is 2. The van der Waals surface area contributed by atoms with Gasteiger partial charge in [-0.3, -0.25) is 23.2 Å². The number of unbranched alkanes of at least 4 members (excludes halogenated alkanes) is 12. The highest BCUT2D eigenvalue weighted by Crippen LogP contribution is 2.43. The van der Waals surface area contributed by atoms with Crippen LogP contribution in [0.1, 0.15) is 168 Å². The van der Waals surface area contributed by atoms with Gasteiger partial charge in [0.05, 0.1) is 25.9 Å². The van der Waals surface area contributed by atoms with Gasteiger partial charge in [-0.25, -0.2) is 9.13 Å². The quantitative estimate of drug-likeness (QED) is 0.0167. The molecule has 5 N–H and O–H groups in total. The number of carbonyl (C=O) groups excluding carboxylic acids is 2. The molecule has 0 amide bonds. The lowest BCUT2D eigenvalue weighted by Gasteiger charge is -2.20. The second-order valence-corrected chi connectivity index (χ2v) is 18.3. The van der Waals surface area contributed by atoms with Crippen LogP contribution in [0.5, 0.6) is 0 Å². The zero-order chi connectivity index (χ0) is 44.7. The third-order valence-corrected chi connectivity index (χ3v) is 10.7. The Kier molecular flexibility index (Phi) is 37.4. The first-order valence-electron chi connectivity index (χ1n) is 22.3. The van der Waals surface area contributed by atoms with Crippen LogP contribution in [0.3, 0.4) is 0 Å². The van der Waals surface area contributed by atoms with Crippen molar-refractivity contribution in [2.75, 3.05) is 26.4 Å². The summed E-state index contributed by atoms with van der Waals surface area (Å²) >= 11 is 0. The standard InChI is InChI=1S/C44H80O14P2/c1-4-40(45)32-28-24-20-16-12-7-5-6-8-14-18-22-26-30-34-44(48)58-42(38-57-60(52,53)56-36-41(46)35-55-59(49,50)51)37-54-43(47)33-29-25-21-17-13-10-9-11-15-19-23-27-31-39(2)3/h6-8,12,18,20,22,24,39-42,45-46H,4-5,9-11,13-17,19,21,23,25-38H2,1-3H3,(H,52,53)(H2,49,50,51)/b8-6-,12-7-,22-18-,24-20-/t40-,41+,42-/m1/s1. The van der Waals surface area contributed by atoms with E-state index < -0.39 is 66.2 Å². The third kappa shape index (κ3) is 42.7. The van der Waals surface area contributed by atoms with Gasteiger partial charge in [-0.2, -0.15) is 0 Å². The Labute approximate surface area is 361 Å². The SMILES string of the molecule is CC[C@@H](O)CC/C=C\C/C=C\C/C=C\C/C=C\CCCC(=O)O[C@H](COC(=O)CCCCCCCCCCCCCCC(C)C)COP(=O)(O)OC[C@@H](O)COP(=O)(O)O. The molecular weight excluding hydrogens is 814 g/mol. The maximum atomic E-state index is 12.6. The number of carbonyl (C=O) groups is 2. The van der Waals surface area contributed by atoms with Gasteiger partial charge in [0.1, 0.15) is 12.7 Å². The van der Waals surface area contributed by atoms with Gasteiger partial charge in [0.2, 0.25) is 0 Å². The number of esters is 2. The molecule has 4 atom stereocenters. The molecule has 14 nitrogen and oxygen atoms in total. The molecule has 0 heterocycles. The molecule has 0 bridgehead atoms. The van der Waals surface area contributed by atoms with Crippen molar-refractivity contribution in [1.29, 1.82) is 0 Å². The molecule has 0 saturated heterocycles. The number of hydrogen-bond donors (Lipinski definition) is 5. The first-order valence-corrected chi connectivity index (χ1v) is 25.3. The van der Waals surface area contributed by atoms with E-state index in [0.29, 0.717) is 19.3 Å². The number of rotatable bonds is 41. The minimum absolute atomic E-state index is 0.0422. The van der Waals surface area contributed by atoms with Crippen LogP contribution in [0.4, 0.5) is 0 Å². The summed E-state index contributed by atoms with van der Waals surface area (Å²) in [6.45, 7) is 3.73. The van der Waals surface area contributed by atoms with Gasteiger partial charge >= 0.3 is 27.6 Å². The number of hydrogen-bond acceptors (Lipinski definition) is 11. The van der Waals surface area contributed by atoms with Gasteiger partial charge in [0, 0.05) is 12.8 Å². The lowest BCUT2D eigenvalue weighted by atomic mass is 10.0. The third-order valence-electron chi connectivity index (χ3n) is 9.30. The van der Waals surface area contributed by atoms with Crippen molar-refractivity contribution < 1.29 is 66.7 Å². The summed E-state index contributed by atoms with van der Waals surface area (Å²) in [4.78, 5) is 52.7. The molecule has 0 aromatic heterocycles. The van der Waals surface area contributed by atoms with Gasteiger partial charge in [-0.1, -0.05) is 146 Å². The Morgan fingerprint density at radius 1 is 0.533 bits per heavy atom.